The minimum absolute atomic E-state index is 0.414. The van der Waals surface area contributed by atoms with Crippen LogP contribution in [0.4, 0.5) is 0 Å². The van der Waals surface area contributed by atoms with Crippen molar-refractivity contribution in [1.29, 1.82) is 0 Å². The molecule has 0 atom stereocenters. The summed E-state index contributed by atoms with van der Waals surface area (Å²) in [7, 11) is 0. The highest BCUT2D eigenvalue weighted by Crippen LogP contribution is 2.23. The summed E-state index contributed by atoms with van der Waals surface area (Å²) in [6, 6.07) is 18.4. The van der Waals surface area contributed by atoms with Crippen molar-refractivity contribution in [2.75, 3.05) is 0 Å². The fourth-order valence-corrected chi connectivity index (χ4v) is 1.81. The van der Waals surface area contributed by atoms with Crippen LogP contribution in [0.3, 0.4) is 0 Å². The van der Waals surface area contributed by atoms with Gasteiger partial charge in [-0.3, -0.25) is 9.59 Å². The Balaban J connectivity index is 2.61. The molecule has 88 valence electrons. The maximum Gasteiger partial charge on any atom is 0.151 e. The summed E-state index contributed by atoms with van der Waals surface area (Å²) in [6.45, 7) is 0. The van der Waals surface area contributed by atoms with Gasteiger partial charge >= 0.3 is 0 Å². The van der Waals surface area contributed by atoms with Gasteiger partial charge in [0.05, 0.1) is 0 Å². The van der Waals surface area contributed by atoms with Gasteiger partial charge in [-0.1, -0.05) is 60.7 Å². The fourth-order valence-electron chi connectivity index (χ4n) is 1.81. The number of aldehydes is 2. The summed E-state index contributed by atoms with van der Waals surface area (Å²) in [5.41, 5.74) is 2.32. The van der Waals surface area contributed by atoms with E-state index in [0.717, 1.165) is 23.7 Å². The summed E-state index contributed by atoms with van der Waals surface area (Å²) in [5, 5.41) is 0. The maximum absolute atomic E-state index is 11.3. The predicted molar refractivity (Wildman–Crippen MR) is 71.8 cm³/mol. The van der Waals surface area contributed by atoms with E-state index < -0.39 is 0 Å². The number of hydrogen-bond acceptors (Lipinski definition) is 2. The first-order valence-corrected chi connectivity index (χ1v) is 5.62. The highest BCUT2D eigenvalue weighted by Gasteiger charge is 2.09. The standard InChI is InChI=1S/C16H12O2/c17-11-15(13-7-3-1-4-8-13)16(12-18)14-9-5-2-6-10-14/h1-12H. The Kier molecular flexibility index (Phi) is 3.82. The van der Waals surface area contributed by atoms with Crippen molar-refractivity contribution >= 4 is 23.7 Å². The van der Waals surface area contributed by atoms with Gasteiger partial charge in [-0.05, 0) is 11.1 Å². The molecule has 0 saturated carbocycles. The number of benzene rings is 2. The van der Waals surface area contributed by atoms with Crippen LogP contribution in [0.2, 0.25) is 0 Å². The number of carbonyl (C=O) groups is 2. The zero-order valence-electron chi connectivity index (χ0n) is 9.74. The van der Waals surface area contributed by atoms with Crippen LogP contribution in [0, 0.1) is 0 Å². The molecule has 0 bridgehead atoms. The lowest BCUT2D eigenvalue weighted by molar-refractivity contribution is -0.105. The molecule has 0 saturated heterocycles. The molecule has 2 heteroatoms. The predicted octanol–water partition coefficient (Wildman–Crippen LogP) is 3.00. The van der Waals surface area contributed by atoms with E-state index in [9.17, 15) is 9.59 Å². The van der Waals surface area contributed by atoms with Gasteiger partial charge in [-0.25, -0.2) is 0 Å². The molecule has 2 aromatic rings. The van der Waals surface area contributed by atoms with E-state index in [-0.39, 0.29) is 0 Å². The molecule has 0 aromatic heterocycles. The molecule has 0 heterocycles. The summed E-state index contributed by atoms with van der Waals surface area (Å²) in [6.07, 6.45) is 1.46. The largest absolute Gasteiger partial charge is 0.298 e. The molecule has 0 aliphatic rings. The quantitative estimate of drug-likeness (QED) is 0.464. The van der Waals surface area contributed by atoms with E-state index in [2.05, 4.69) is 0 Å². The molecular weight excluding hydrogens is 224 g/mol. The van der Waals surface area contributed by atoms with Gasteiger partial charge in [0.1, 0.15) is 0 Å². The van der Waals surface area contributed by atoms with Crippen LogP contribution in [0.15, 0.2) is 60.7 Å². The molecule has 0 aliphatic carbocycles. The molecule has 0 unspecified atom stereocenters. The van der Waals surface area contributed by atoms with Crippen molar-refractivity contribution in [3.63, 3.8) is 0 Å². The van der Waals surface area contributed by atoms with Crippen molar-refractivity contribution in [1.82, 2.24) is 0 Å². The van der Waals surface area contributed by atoms with Crippen molar-refractivity contribution in [3.05, 3.63) is 71.8 Å². The fraction of sp³-hybridized carbons (Fsp3) is 0. The zero-order chi connectivity index (χ0) is 12.8. The Hall–Kier alpha value is -2.48. The van der Waals surface area contributed by atoms with E-state index in [0.29, 0.717) is 11.1 Å². The van der Waals surface area contributed by atoms with Crippen LogP contribution in [0.1, 0.15) is 11.1 Å². The van der Waals surface area contributed by atoms with Gasteiger partial charge in [0, 0.05) is 11.1 Å². The van der Waals surface area contributed by atoms with Crippen LogP contribution >= 0.6 is 0 Å². The SMILES string of the molecule is O=CC(=C(C=O)c1ccccc1)c1ccccc1. The Morgan fingerprint density at radius 2 is 0.944 bits per heavy atom. The van der Waals surface area contributed by atoms with Gasteiger partial charge in [0.25, 0.3) is 0 Å². The van der Waals surface area contributed by atoms with E-state index in [1.54, 1.807) is 0 Å². The first-order valence-electron chi connectivity index (χ1n) is 5.62. The Morgan fingerprint density at radius 1 is 0.611 bits per heavy atom. The van der Waals surface area contributed by atoms with E-state index >= 15 is 0 Å². The first-order chi connectivity index (χ1) is 8.86. The Labute approximate surface area is 106 Å². The average molecular weight is 236 g/mol. The third-order valence-corrected chi connectivity index (χ3v) is 2.70. The molecular formula is C16H12O2. The molecule has 2 nitrogen and oxygen atoms in total. The molecule has 0 spiro atoms. The van der Waals surface area contributed by atoms with Gasteiger partial charge in [0.2, 0.25) is 0 Å². The molecule has 18 heavy (non-hydrogen) atoms. The summed E-state index contributed by atoms with van der Waals surface area (Å²) < 4.78 is 0. The summed E-state index contributed by atoms with van der Waals surface area (Å²) in [5.74, 6) is 0. The second kappa shape index (κ2) is 5.73. The van der Waals surface area contributed by atoms with E-state index in [1.165, 1.54) is 0 Å². The number of rotatable bonds is 4. The van der Waals surface area contributed by atoms with Gasteiger partial charge in [-0.15, -0.1) is 0 Å². The van der Waals surface area contributed by atoms with Gasteiger partial charge in [-0.2, -0.15) is 0 Å². The van der Waals surface area contributed by atoms with Crippen molar-refractivity contribution in [3.8, 4) is 0 Å². The minimum Gasteiger partial charge on any atom is -0.298 e. The van der Waals surface area contributed by atoms with Crippen molar-refractivity contribution in [2.45, 2.75) is 0 Å². The molecule has 0 fully saturated rings. The molecule has 2 aromatic carbocycles. The molecule has 2 rings (SSSR count). The minimum atomic E-state index is 0.414. The van der Waals surface area contributed by atoms with Crippen LogP contribution in [0.25, 0.3) is 11.1 Å². The van der Waals surface area contributed by atoms with Crippen molar-refractivity contribution < 1.29 is 9.59 Å². The second-order valence-electron chi connectivity index (χ2n) is 3.80. The maximum atomic E-state index is 11.3. The molecule has 0 aliphatic heterocycles. The Bertz CT molecular complexity index is 515. The third kappa shape index (κ3) is 2.43. The summed E-state index contributed by atoms with van der Waals surface area (Å²) in [4.78, 5) is 22.5. The smallest absolute Gasteiger partial charge is 0.151 e. The van der Waals surface area contributed by atoms with Gasteiger partial charge in [0.15, 0.2) is 12.6 Å². The summed E-state index contributed by atoms with van der Waals surface area (Å²) >= 11 is 0. The zero-order valence-corrected chi connectivity index (χ0v) is 9.74. The Morgan fingerprint density at radius 3 is 1.22 bits per heavy atom. The lowest BCUT2D eigenvalue weighted by Gasteiger charge is -2.06. The van der Waals surface area contributed by atoms with Crippen LogP contribution in [-0.2, 0) is 9.59 Å². The topological polar surface area (TPSA) is 34.1 Å². The third-order valence-electron chi connectivity index (χ3n) is 2.70. The van der Waals surface area contributed by atoms with Crippen LogP contribution in [-0.4, -0.2) is 12.6 Å². The van der Waals surface area contributed by atoms with Crippen LogP contribution < -0.4 is 0 Å². The number of hydrogen-bond donors (Lipinski definition) is 0. The number of carbonyl (C=O) groups excluding carboxylic acids is 2. The van der Waals surface area contributed by atoms with Crippen molar-refractivity contribution in [2.24, 2.45) is 0 Å². The highest BCUT2D eigenvalue weighted by atomic mass is 16.1. The average Bonchev–Trinajstić information content (AvgIpc) is 2.46. The monoisotopic (exact) mass is 236 g/mol. The highest BCUT2D eigenvalue weighted by molar-refractivity contribution is 6.29. The van der Waals surface area contributed by atoms with E-state index in [1.807, 2.05) is 60.7 Å². The number of allylic oxidation sites excluding steroid dienone is 2. The lowest BCUT2D eigenvalue weighted by atomic mass is 9.96. The van der Waals surface area contributed by atoms with E-state index in [4.69, 9.17) is 0 Å². The normalized spacial score (nSPS) is 11.6. The molecule has 0 amide bonds. The second-order valence-corrected chi connectivity index (χ2v) is 3.80. The molecule has 0 radical (unpaired) electrons. The molecule has 0 N–H and O–H groups in total. The van der Waals surface area contributed by atoms with Gasteiger partial charge < -0.3 is 0 Å². The van der Waals surface area contributed by atoms with Crippen LogP contribution in [0.5, 0.6) is 0 Å². The lowest BCUT2D eigenvalue weighted by Crippen LogP contribution is -1.95. The first kappa shape index (κ1) is 12.0.